The number of carbonyl (C=O) groups excluding carboxylic acids is 1. The molecular formula is C22H28N2O3S. The second kappa shape index (κ2) is 8.35. The van der Waals surface area contributed by atoms with Crippen molar-refractivity contribution in [3.8, 4) is 0 Å². The van der Waals surface area contributed by atoms with Crippen LogP contribution in [0.2, 0.25) is 0 Å². The molecule has 1 atom stereocenters. The van der Waals surface area contributed by atoms with Crippen LogP contribution in [-0.2, 0) is 16.4 Å². The van der Waals surface area contributed by atoms with E-state index < -0.39 is 10.0 Å². The zero-order valence-electron chi connectivity index (χ0n) is 16.7. The van der Waals surface area contributed by atoms with Crippen molar-refractivity contribution < 1.29 is 13.2 Å². The Balaban J connectivity index is 1.84. The molecule has 0 spiro atoms. The number of aryl methyl sites for hydroxylation is 1. The molecule has 1 aliphatic rings. The van der Waals surface area contributed by atoms with Crippen LogP contribution < -0.4 is 9.62 Å². The molecule has 0 fully saturated rings. The molecule has 28 heavy (non-hydrogen) atoms. The molecule has 1 N–H and O–H groups in total. The van der Waals surface area contributed by atoms with Crippen LogP contribution in [0.1, 0.15) is 54.2 Å². The Morgan fingerprint density at radius 2 is 1.86 bits per heavy atom. The highest BCUT2D eigenvalue weighted by Gasteiger charge is 2.25. The number of hydrogen-bond acceptors (Lipinski definition) is 3. The summed E-state index contributed by atoms with van der Waals surface area (Å²) in [4.78, 5) is 12.9. The van der Waals surface area contributed by atoms with Gasteiger partial charge in [-0.25, -0.2) is 8.42 Å². The number of benzene rings is 2. The van der Waals surface area contributed by atoms with Gasteiger partial charge in [0.15, 0.2) is 0 Å². The topological polar surface area (TPSA) is 66.5 Å². The first kappa shape index (κ1) is 20.4. The third-order valence-corrected chi connectivity index (χ3v) is 6.21. The minimum Gasteiger partial charge on any atom is -0.345 e. The minimum atomic E-state index is -3.31. The summed E-state index contributed by atoms with van der Waals surface area (Å²) in [5.41, 5.74) is 3.25. The molecule has 1 heterocycles. The number of sulfonamides is 1. The number of nitrogens with zero attached hydrogens (tertiary/aromatic N) is 1. The first-order chi connectivity index (χ1) is 13.3. The lowest BCUT2D eigenvalue weighted by Gasteiger charge is -2.29. The maximum atomic E-state index is 12.9. The first-order valence-corrected chi connectivity index (χ1v) is 11.6. The highest BCUT2D eigenvalue weighted by molar-refractivity contribution is 7.92. The van der Waals surface area contributed by atoms with Crippen LogP contribution in [-0.4, -0.2) is 27.1 Å². The van der Waals surface area contributed by atoms with E-state index in [4.69, 9.17) is 0 Å². The second-order valence-electron chi connectivity index (χ2n) is 7.85. The zero-order chi connectivity index (χ0) is 20.3. The van der Waals surface area contributed by atoms with Gasteiger partial charge in [-0.2, -0.15) is 0 Å². The predicted octanol–water partition coefficient (Wildman–Crippen LogP) is 3.92. The van der Waals surface area contributed by atoms with Gasteiger partial charge in [0.05, 0.1) is 18.0 Å². The van der Waals surface area contributed by atoms with Crippen molar-refractivity contribution in [2.75, 3.05) is 17.1 Å². The Labute approximate surface area is 167 Å². The number of nitrogens with one attached hydrogen (secondary N) is 1. The fraction of sp³-hybridized carbons (Fsp3) is 0.409. The van der Waals surface area contributed by atoms with Gasteiger partial charge in [0.25, 0.3) is 5.91 Å². The monoisotopic (exact) mass is 400 g/mol. The molecule has 6 heteroatoms. The van der Waals surface area contributed by atoms with Gasteiger partial charge in [0, 0.05) is 12.1 Å². The molecule has 3 rings (SSSR count). The summed E-state index contributed by atoms with van der Waals surface area (Å²) in [5.74, 6) is 0.311. The SMILES string of the molecule is CC(C)C[C@@H](NC(=O)c1ccc2c(c1)CCCN2S(C)(=O)=O)c1ccccc1. The first-order valence-electron chi connectivity index (χ1n) is 9.72. The quantitative estimate of drug-likeness (QED) is 0.799. The van der Waals surface area contributed by atoms with Gasteiger partial charge in [-0.05, 0) is 54.5 Å². The molecule has 1 amide bonds. The number of hydrogen-bond donors (Lipinski definition) is 1. The Morgan fingerprint density at radius 3 is 2.50 bits per heavy atom. The van der Waals surface area contributed by atoms with Crippen molar-refractivity contribution in [3.63, 3.8) is 0 Å². The van der Waals surface area contributed by atoms with Gasteiger partial charge in [0.1, 0.15) is 0 Å². The van der Waals surface area contributed by atoms with E-state index in [1.54, 1.807) is 12.1 Å². The van der Waals surface area contributed by atoms with Crippen LogP contribution in [0.25, 0.3) is 0 Å². The van der Waals surface area contributed by atoms with E-state index in [1.165, 1.54) is 10.6 Å². The van der Waals surface area contributed by atoms with Crippen LogP contribution in [0.15, 0.2) is 48.5 Å². The average molecular weight is 401 g/mol. The molecule has 0 aliphatic carbocycles. The van der Waals surface area contributed by atoms with Crippen molar-refractivity contribution in [2.45, 2.75) is 39.2 Å². The van der Waals surface area contributed by atoms with Crippen molar-refractivity contribution in [3.05, 3.63) is 65.2 Å². The fourth-order valence-corrected chi connectivity index (χ4v) is 4.72. The van der Waals surface area contributed by atoms with Crippen molar-refractivity contribution in [2.24, 2.45) is 5.92 Å². The standard InChI is InChI=1S/C22H28N2O3S/c1-16(2)14-20(17-8-5-4-6-9-17)23-22(25)19-11-12-21-18(15-19)10-7-13-24(21)28(3,26)27/h4-6,8-9,11-12,15-16,20H,7,10,13-14H2,1-3H3,(H,23,25)/t20-/m1/s1. The maximum Gasteiger partial charge on any atom is 0.251 e. The second-order valence-corrected chi connectivity index (χ2v) is 9.76. The van der Waals surface area contributed by atoms with Crippen molar-refractivity contribution >= 4 is 21.6 Å². The van der Waals surface area contributed by atoms with E-state index in [-0.39, 0.29) is 11.9 Å². The predicted molar refractivity (Wildman–Crippen MR) is 113 cm³/mol. The van der Waals surface area contributed by atoms with E-state index >= 15 is 0 Å². The summed E-state index contributed by atoms with van der Waals surface area (Å²) in [6.07, 6.45) is 3.60. The third-order valence-electron chi connectivity index (χ3n) is 5.03. The number of carbonyl (C=O) groups is 1. The summed E-state index contributed by atoms with van der Waals surface area (Å²) in [6, 6.07) is 15.2. The number of fused-ring (bicyclic) bond motifs is 1. The molecular weight excluding hydrogens is 372 g/mol. The molecule has 1 aliphatic heterocycles. The zero-order valence-corrected chi connectivity index (χ0v) is 17.5. The maximum absolute atomic E-state index is 12.9. The van der Waals surface area contributed by atoms with Gasteiger partial charge in [-0.15, -0.1) is 0 Å². The van der Waals surface area contributed by atoms with Gasteiger partial charge in [0.2, 0.25) is 10.0 Å². The van der Waals surface area contributed by atoms with Crippen LogP contribution in [0.4, 0.5) is 5.69 Å². The van der Waals surface area contributed by atoms with E-state index in [2.05, 4.69) is 19.2 Å². The van der Waals surface area contributed by atoms with Crippen molar-refractivity contribution in [1.82, 2.24) is 5.32 Å². The lowest BCUT2D eigenvalue weighted by Crippen LogP contribution is -2.35. The molecule has 0 aromatic heterocycles. The van der Waals surface area contributed by atoms with E-state index in [0.717, 1.165) is 30.4 Å². The van der Waals surface area contributed by atoms with Crippen LogP contribution in [0.5, 0.6) is 0 Å². The highest BCUT2D eigenvalue weighted by Crippen LogP contribution is 2.30. The Hall–Kier alpha value is -2.34. The summed E-state index contributed by atoms with van der Waals surface area (Å²) in [6.45, 7) is 4.77. The molecule has 2 aromatic carbocycles. The third kappa shape index (κ3) is 4.73. The Morgan fingerprint density at radius 1 is 1.14 bits per heavy atom. The molecule has 0 bridgehead atoms. The minimum absolute atomic E-state index is 0.0581. The molecule has 0 saturated carbocycles. The van der Waals surface area contributed by atoms with Gasteiger partial charge < -0.3 is 5.32 Å². The molecule has 0 radical (unpaired) electrons. The van der Waals surface area contributed by atoms with Gasteiger partial charge >= 0.3 is 0 Å². The lowest BCUT2D eigenvalue weighted by molar-refractivity contribution is 0.0932. The summed E-state index contributed by atoms with van der Waals surface area (Å²) >= 11 is 0. The Kier molecular flexibility index (Phi) is 6.08. The summed E-state index contributed by atoms with van der Waals surface area (Å²) in [5, 5.41) is 3.16. The average Bonchev–Trinajstić information content (AvgIpc) is 2.66. The van der Waals surface area contributed by atoms with Crippen molar-refractivity contribution in [1.29, 1.82) is 0 Å². The largest absolute Gasteiger partial charge is 0.345 e. The van der Waals surface area contributed by atoms with Crippen LogP contribution >= 0.6 is 0 Å². The van der Waals surface area contributed by atoms with E-state index in [0.29, 0.717) is 23.7 Å². The Bertz CT molecular complexity index is 940. The molecule has 150 valence electrons. The van der Waals surface area contributed by atoms with E-state index in [1.807, 2.05) is 36.4 Å². The van der Waals surface area contributed by atoms with Crippen LogP contribution in [0, 0.1) is 5.92 Å². The molecule has 0 unspecified atom stereocenters. The lowest BCUT2D eigenvalue weighted by atomic mass is 9.96. The number of anilines is 1. The van der Waals surface area contributed by atoms with Gasteiger partial charge in [-0.1, -0.05) is 44.2 Å². The molecule has 2 aromatic rings. The summed E-state index contributed by atoms with van der Waals surface area (Å²) < 4.78 is 25.5. The molecule has 5 nitrogen and oxygen atoms in total. The highest BCUT2D eigenvalue weighted by atomic mass is 32.2. The number of rotatable bonds is 6. The number of amides is 1. The van der Waals surface area contributed by atoms with Gasteiger partial charge in [-0.3, -0.25) is 9.10 Å². The van der Waals surface area contributed by atoms with Crippen LogP contribution in [0.3, 0.4) is 0 Å². The smallest absolute Gasteiger partial charge is 0.251 e. The normalized spacial score (nSPS) is 15.2. The van der Waals surface area contributed by atoms with E-state index in [9.17, 15) is 13.2 Å². The fourth-order valence-electron chi connectivity index (χ4n) is 3.73. The summed E-state index contributed by atoms with van der Waals surface area (Å²) in [7, 11) is -3.31. The molecule has 0 saturated heterocycles.